The monoisotopic (exact) mass is 381 g/mol. The molecule has 1 heterocycles. The number of piperazine rings is 1. The molecule has 2 N–H and O–H groups in total. The fourth-order valence-corrected chi connectivity index (χ4v) is 3.07. The minimum Gasteiger partial charge on any atom is -0.383 e. The van der Waals surface area contributed by atoms with Crippen molar-refractivity contribution in [2.24, 2.45) is 4.99 Å². The van der Waals surface area contributed by atoms with Gasteiger partial charge in [-0.2, -0.15) is 0 Å². The Hall–Kier alpha value is -1.83. The van der Waals surface area contributed by atoms with Crippen LogP contribution < -0.4 is 10.6 Å². The summed E-state index contributed by atoms with van der Waals surface area (Å²) in [5, 5.41) is 6.68. The van der Waals surface area contributed by atoms with Gasteiger partial charge in [-0.1, -0.05) is 23.7 Å². The van der Waals surface area contributed by atoms with Gasteiger partial charge in [-0.15, -0.1) is 0 Å². The highest BCUT2D eigenvalue weighted by molar-refractivity contribution is 6.30. The van der Waals surface area contributed by atoms with Crippen LogP contribution in [0.2, 0.25) is 5.02 Å². The molecule has 2 rings (SSSR count). The highest BCUT2D eigenvalue weighted by Gasteiger charge is 2.20. The molecule has 0 aliphatic carbocycles. The molecule has 7 nitrogen and oxygen atoms in total. The van der Waals surface area contributed by atoms with Crippen LogP contribution in [0, 0.1) is 0 Å². The van der Waals surface area contributed by atoms with E-state index in [-0.39, 0.29) is 12.5 Å². The van der Waals surface area contributed by atoms with Crippen LogP contribution in [0.4, 0.5) is 0 Å². The highest BCUT2D eigenvalue weighted by Crippen LogP contribution is 2.14. The number of ether oxygens (including phenoxy) is 1. The largest absolute Gasteiger partial charge is 0.383 e. The van der Waals surface area contributed by atoms with Gasteiger partial charge in [0, 0.05) is 58.4 Å². The standard InChI is InChI=1S/C18H28ClN5O2/c1-20-18(22-13-17(25)21-6-11-26-2)24-9-7-23(8-10-24)14-15-4-3-5-16(19)12-15/h3-5,12H,6-11,13-14H2,1-2H3,(H,20,22)(H,21,25). The summed E-state index contributed by atoms with van der Waals surface area (Å²) >= 11 is 6.06. The Balaban J connectivity index is 1.73. The van der Waals surface area contributed by atoms with Crippen LogP contribution in [0.15, 0.2) is 29.3 Å². The molecular weight excluding hydrogens is 354 g/mol. The molecule has 1 aromatic carbocycles. The zero-order chi connectivity index (χ0) is 18.8. The fraction of sp³-hybridized carbons (Fsp3) is 0.556. The van der Waals surface area contributed by atoms with E-state index in [0.717, 1.165) is 43.7 Å². The van der Waals surface area contributed by atoms with E-state index >= 15 is 0 Å². The SMILES string of the molecule is CN=C(NCC(=O)NCCOC)N1CCN(Cc2cccc(Cl)c2)CC1. The number of hydrogen-bond donors (Lipinski definition) is 2. The zero-order valence-electron chi connectivity index (χ0n) is 15.5. The number of benzene rings is 1. The van der Waals surface area contributed by atoms with Crippen LogP contribution in [0.1, 0.15) is 5.56 Å². The molecule has 0 bridgehead atoms. The number of aliphatic imine (C=N–C) groups is 1. The van der Waals surface area contributed by atoms with Crippen molar-refractivity contribution in [2.45, 2.75) is 6.54 Å². The average molecular weight is 382 g/mol. The van der Waals surface area contributed by atoms with Gasteiger partial charge >= 0.3 is 0 Å². The lowest BCUT2D eigenvalue weighted by Crippen LogP contribution is -2.53. The Bertz CT molecular complexity index is 603. The van der Waals surface area contributed by atoms with E-state index in [0.29, 0.717) is 13.2 Å². The molecule has 144 valence electrons. The van der Waals surface area contributed by atoms with Crippen LogP contribution in [0.25, 0.3) is 0 Å². The second-order valence-corrected chi connectivity index (χ2v) is 6.57. The van der Waals surface area contributed by atoms with Crippen molar-refractivity contribution >= 4 is 23.5 Å². The fourth-order valence-electron chi connectivity index (χ4n) is 2.86. The highest BCUT2D eigenvalue weighted by atomic mass is 35.5. The first kappa shape index (κ1) is 20.5. The molecule has 0 unspecified atom stereocenters. The first-order valence-electron chi connectivity index (χ1n) is 8.80. The van der Waals surface area contributed by atoms with Gasteiger partial charge in [-0.25, -0.2) is 0 Å². The van der Waals surface area contributed by atoms with Gasteiger partial charge in [0.15, 0.2) is 5.96 Å². The van der Waals surface area contributed by atoms with Gasteiger partial charge in [-0.3, -0.25) is 14.7 Å². The molecule has 1 fully saturated rings. The quantitative estimate of drug-likeness (QED) is 0.415. The Morgan fingerprint density at radius 3 is 2.69 bits per heavy atom. The van der Waals surface area contributed by atoms with Crippen molar-refractivity contribution in [3.05, 3.63) is 34.9 Å². The third kappa shape index (κ3) is 6.82. The number of guanidine groups is 1. The number of nitrogens with zero attached hydrogens (tertiary/aromatic N) is 3. The topological polar surface area (TPSA) is 69.2 Å². The Morgan fingerprint density at radius 1 is 1.27 bits per heavy atom. The van der Waals surface area contributed by atoms with E-state index < -0.39 is 0 Å². The molecule has 0 saturated carbocycles. The Labute approximate surface area is 160 Å². The molecule has 1 aliphatic heterocycles. The Kier molecular flexibility index (Phi) is 8.67. The lowest BCUT2D eigenvalue weighted by Gasteiger charge is -2.36. The van der Waals surface area contributed by atoms with E-state index in [1.807, 2.05) is 18.2 Å². The van der Waals surface area contributed by atoms with Gasteiger partial charge in [0.05, 0.1) is 13.2 Å². The molecule has 0 radical (unpaired) electrons. The summed E-state index contributed by atoms with van der Waals surface area (Å²) in [6.45, 7) is 5.73. The lowest BCUT2D eigenvalue weighted by atomic mass is 10.2. The summed E-state index contributed by atoms with van der Waals surface area (Å²) in [5.41, 5.74) is 1.22. The predicted molar refractivity (Wildman–Crippen MR) is 105 cm³/mol. The van der Waals surface area contributed by atoms with E-state index in [1.165, 1.54) is 5.56 Å². The second-order valence-electron chi connectivity index (χ2n) is 6.14. The van der Waals surface area contributed by atoms with Crippen LogP contribution in [-0.4, -0.2) is 81.7 Å². The number of methoxy groups -OCH3 is 1. The third-order valence-corrected chi connectivity index (χ3v) is 4.45. The van der Waals surface area contributed by atoms with Gasteiger partial charge in [0.2, 0.25) is 5.91 Å². The minimum absolute atomic E-state index is 0.0669. The lowest BCUT2D eigenvalue weighted by molar-refractivity contribution is -0.120. The van der Waals surface area contributed by atoms with Crippen LogP contribution in [-0.2, 0) is 16.1 Å². The molecule has 0 spiro atoms. The van der Waals surface area contributed by atoms with E-state index in [4.69, 9.17) is 16.3 Å². The number of carbonyl (C=O) groups excluding carboxylic acids is 1. The molecule has 26 heavy (non-hydrogen) atoms. The number of amides is 1. The molecule has 1 aliphatic rings. The first-order chi connectivity index (χ1) is 12.6. The zero-order valence-corrected chi connectivity index (χ0v) is 16.3. The summed E-state index contributed by atoms with van der Waals surface area (Å²) in [7, 11) is 3.35. The van der Waals surface area contributed by atoms with Crippen molar-refractivity contribution in [1.82, 2.24) is 20.4 Å². The second kappa shape index (κ2) is 11.0. The average Bonchev–Trinajstić information content (AvgIpc) is 2.64. The molecule has 1 saturated heterocycles. The number of nitrogens with one attached hydrogen (secondary N) is 2. The summed E-state index contributed by atoms with van der Waals surface area (Å²) < 4.78 is 4.91. The number of hydrogen-bond acceptors (Lipinski definition) is 4. The summed E-state index contributed by atoms with van der Waals surface area (Å²) in [4.78, 5) is 20.6. The maximum Gasteiger partial charge on any atom is 0.239 e. The summed E-state index contributed by atoms with van der Waals surface area (Å²) in [5.74, 6) is 0.692. The number of carbonyl (C=O) groups is 1. The Morgan fingerprint density at radius 2 is 2.04 bits per heavy atom. The maximum absolute atomic E-state index is 11.8. The van der Waals surface area contributed by atoms with E-state index in [9.17, 15) is 4.79 Å². The van der Waals surface area contributed by atoms with Crippen molar-refractivity contribution in [2.75, 3.05) is 60.0 Å². The van der Waals surface area contributed by atoms with Crippen LogP contribution in [0.3, 0.4) is 0 Å². The molecule has 0 aromatic heterocycles. The van der Waals surface area contributed by atoms with E-state index in [2.05, 4.69) is 31.5 Å². The first-order valence-corrected chi connectivity index (χ1v) is 9.18. The van der Waals surface area contributed by atoms with Crippen molar-refractivity contribution in [3.63, 3.8) is 0 Å². The van der Waals surface area contributed by atoms with Crippen molar-refractivity contribution < 1.29 is 9.53 Å². The molecule has 8 heteroatoms. The normalized spacial score (nSPS) is 15.8. The number of halogens is 1. The molecule has 0 atom stereocenters. The predicted octanol–water partition coefficient (Wildman–Crippen LogP) is 0.796. The number of rotatable bonds is 7. The summed E-state index contributed by atoms with van der Waals surface area (Å²) in [6, 6.07) is 7.99. The molecule has 1 aromatic rings. The van der Waals surface area contributed by atoms with Gasteiger partial charge in [-0.05, 0) is 17.7 Å². The van der Waals surface area contributed by atoms with Gasteiger partial charge in [0.25, 0.3) is 0 Å². The van der Waals surface area contributed by atoms with Crippen LogP contribution >= 0.6 is 11.6 Å². The maximum atomic E-state index is 11.8. The van der Waals surface area contributed by atoms with Crippen molar-refractivity contribution in [1.29, 1.82) is 0 Å². The third-order valence-electron chi connectivity index (χ3n) is 4.21. The van der Waals surface area contributed by atoms with Gasteiger partial charge < -0.3 is 20.3 Å². The molecule has 1 amide bonds. The van der Waals surface area contributed by atoms with Crippen molar-refractivity contribution in [3.8, 4) is 0 Å². The van der Waals surface area contributed by atoms with Crippen LogP contribution in [0.5, 0.6) is 0 Å². The molecular formula is C18H28ClN5O2. The smallest absolute Gasteiger partial charge is 0.239 e. The van der Waals surface area contributed by atoms with Gasteiger partial charge in [0.1, 0.15) is 0 Å². The van der Waals surface area contributed by atoms with E-state index in [1.54, 1.807) is 14.2 Å². The summed E-state index contributed by atoms with van der Waals surface area (Å²) in [6.07, 6.45) is 0. The minimum atomic E-state index is -0.0669.